The first-order valence-corrected chi connectivity index (χ1v) is 5.51. The van der Waals surface area contributed by atoms with Gasteiger partial charge in [0.15, 0.2) is 0 Å². The third kappa shape index (κ3) is 2.40. The van der Waals surface area contributed by atoms with Crippen molar-refractivity contribution >= 4 is 0 Å². The van der Waals surface area contributed by atoms with Crippen LogP contribution in [0.3, 0.4) is 0 Å². The Kier molecular flexibility index (Phi) is 3.42. The molecule has 0 N–H and O–H groups in total. The Morgan fingerprint density at radius 1 is 1.40 bits per heavy atom. The average Bonchev–Trinajstić information content (AvgIpc) is 2.30. The summed E-state index contributed by atoms with van der Waals surface area (Å²) >= 11 is 0. The minimum Gasteiger partial charge on any atom is -0.361 e. The molecule has 1 nitrogen and oxygen atoms in total. The lowest BCUT2D eigenvalue weighted by Crippen LogP contribution is -2.12. The fourth-order valence-corrected chi connectivity index (χ4v) is 2.10. The van der Waals surface area contributed by atoms with Crippen molar-refractivity contribution in [3.05, 3.63) is 35.4 Å². The summed E-state index contributed by atoms with van der Waals surface area (Å²) in [6.07, 6.45) is 3.80. The molecule has 1 aliphatic rings. The van der Waals surface area contributed by atoms with Crippen molar-refractivity contribution in [2.24, 2.45) is 0 Å². The van der Waals surface area contributed by atoms with E-state index >= 15 is 0 Å². The van der Waals surface area contributed by atoms with Gasteiger partial charge >= 0.3 is 0 Å². The first kappa shape index (κ1) is 10.3. The highest BCUT2D eigenvalue weighted by atomic mass is 16.5. The van der Waals surface area contributed by atoms with Crippen LogP contribution < -0.4 is 0 Å². The van der Waals surface area contributed by atoms with Crippen LogP contribution in [-0.4, -0.2) is 6.61 Å². The molecule has 0 amide bonds. The fourth-order valence-electron chi connectivity index (χ4n) is 2.10. The van der Waals surface area contributed by atoms with Gasteiger partial charge in [-0.05, 0) is 37.3 Å². The summed E-state index contributed by atoms with van der Waals surface area (Å²) in [5.74, 6) is 5.81. The van der Waals surface area contributed by atoms with Gasteiger partial charge in [0.2, 0.25) is 0 Å². The second kappa shape index (κ2) is 5.00. The minimum atomic E-state index is 0.260. The van der Waals surface area contributed by atoms with Crippen LogP contribution in [0.4, 0.5) is 0 Å². The van der Waals surface area contributed by atoms with E-state index < -0.39 is 0 Å². The normalized spacial score (nSPS) is 18.9. The van der Waals surface area contributed by atoms with Crippen molar-refractivity contribution < 1.29 is 4.74 Å². The van der Waals surface area contributed by atoms with Crippen LogP contribution in [0.1, 0.15) is 37.0 Å². The quantitative estimate of drug-likeness (QED) is 0.666. The Balaban J connectivity index is 2.10. The highest BCUT2D eigenvalue weighted by Gasteiger charge is 2.19. The lowest BCUT2D eigenvalue weighted by atomic mass is 9.89. The van der Waals surface area contributed by atoms with Crippen LogP contribution in [0.5, 0.6) is 0 Å². The molecule has 0 aromatic heterocycles. The van der Waals surface area contributed by atoms with Gasteiger partial charge in [-0.25, -0.2) is 0 Å². The van der Waals surface area contributed by atoms with Gasteiger partial charge in [-0.3, -0.25) is 0 Å². The van der Waals surface area contributed by atoms with Crippen molar-refractivity contribution in [1.82, 2.24) is 0 Å². The molecule has 0 bridgehead atoms. The summed E-state index contributed by atoms with van der Waals surface area (Å²) < 4.78 is 5.78. The minimum absolute atomic E-state index is 0.260. The molecule has 0 heterocycles. The maximum Gasteiger partial charge on any atom is 0.108 e. The molecule has 2 rings (SSSR count). The lowest BCUT2D eigenvalue weighted by molar-refractivity contribution is 0.0643. The second-order valence-corrected chi connectivity index (χ2v) is 3.82. The first-order valence-electron chi connectivity index (χ1n) is 5.51. The number of rotatable bonds is 2. The van der Waals surface area contributed by atoms with Gasteiger partial charge in [0.25, 0.3) is 0 Å². The average molecular weight is 200 g/mol. The van der Waals surface area contributed by atoms with E-state index in [1.807, 2.05) is 6.92 Å². The number of aryl methyl sites for hydroxylation is 1. The summed E-state index contributed by atoms with van der Waals surface area (Å²) in [5, 5.41) is 0. The standard InChI is InChI=1S/C14H16O/c1-2-3-11-15-14-10-6-8-12-7-4-5-9-13(12)14/h4-5,7,9,14H,6,8,10-11H2,1H3. The smallest absolute Gasteiger partial charge is 0.108 e. The Morgan fingerprint density at radius 2 is 2.27 bits per heavy atom. The van der Waals surface area contributed by atoms with E-state index in [9.17, 15) is 0 Å². The largest absolute Gasteiger partial charge is 0.361 e. The zero-order chi connectivity index (χ0) is 10.5. The van der Waals surface area contributed by atoms with E-state index in [0.29, 0.717) is 6.61 Å². The summed E-state index contributed by atoms with van der Waals surface area (Å²) in [7, 11) is 0. The maximum atomic E-state index is 5.78. The van der Waals surface area contributed by atoms with Gasteiger partial charge in [-0.1, -0.05) is 30.2 Å². The van der Waals surface area contributed by atoms with Crippen molar-refractivity contribution in [1.29, 1.82) is 0 Å². The van der Waals surface area contributed by atoms with Crippen LogP contribution in [0.2, 0.25) is 0 Å². The van der Waals surface area contributed by atoms with E-state index in [1.54, 1.807) is 0 Å². The molecule has 0 saturated heterocycles. The molecule has 0 aliphatic heterocycles. The molecule has 1 aliphatic carbocycles. The van der Waals surface area contributed by atoms with Crippen LogP contribution in [0, 0.1) is 11.8 Å². The number of fused-ring (bicyclic) bond motifs is 1. The van der Waals surface area contributed by atoms with Gasteiger partial charge in [0.1, 0.15) is 6.61 Å². The van der Waals surface area contributed by atoms with Gasteiger partial charge < -0.3 is 4.74 Å². The van der Waals surface area contributed by atoms with Gasteiger partial charge in [0.05, 0.1) is 6.10 Å². The van der Waals surface area contributed by atoms with Crippen molar-refractivity contribution in [2.75, 3.05) is 6.61 Å². The van der Waals surface area contributed by atoms with Crippen LogP contribution in [0.25, 0.3) is 0 Å². The predicted molar refractivity (Wildman–Crippen MR) is 61.5 cm³/mol. The topological polar surface area (TPSA) is 9.23 Å². The Labute approximate surface area is 91.5 Å². The molecule has 1 aromatic rings. The molecule has 1 aromatic carbocycles. The third-order valence-corrected chi connectivity index (χ3v) is 2.85. The summed E-state index contributed by atoms with van der Waals surface area (Å²) in [6.45, 7) is 2.40. The summed E-state index contributed by atoms with van der Waals surface area (Å²) in [5.41, 5.74) is 2.81. The zero-order valence-corrected chi connectivity index (χ0v) is 9.12. The molecule has 0 saturated carbocycles. The highest BCUT2D eigenvalue weighted by Crippen LogP contribution is 2.31. The van der Waals surface area contributed by atoms with Crippen molar-refractivity contribution in [3.8, 4) is 11.8 Å². The van der Waals surface area contributed by atoms with E-state index in [4.69, 9.17) is 4.74 Å². The maximum absolute atomic E-state index is 5.78. The SMILES string of the molecule is CC#CCOC1CCCc2ccccc21. The van der Waals surface area contributed by atoms with Crippen molar-refractivity contribution in [2.45, 2.75) is 32.3 Å². The molecule has 1 unspecified atom stereocenters. The number of benzene rings is 1. The summed E-state index contributed by atoms with van der Waals surface area (Å²) in [4.78, 5) is 0. The van der Waals surface area contributed by atoms with E-state index in [-0.39, 0.29) is 6.10 Å². The third-order valence-electron chi connectivity index (χ3n) is 2.85. The molecule has 0 spiro atoms. The molecular formula is C14H16O. The predicted octanol–water partition coefficient (Wildman–Crippen LogP) is 3.10. The van der Waals surface area contributed by atoms with Crippen LogP contribution in [-0.2, 0) is 11.2 Å². The van der Waals surface area contributed by atoms with E-state index in [2.05, 4.69) is 36.1 Å². The summed E-state index contributed by atoms with van der Waals surface area (Å²) in [6, 6.07) is 8.58. The zero-order valence-electron chi connectivity index (χ0n) is 9.12. The molecule has 15 heavy (non-hydrogen) atoms. The molecule has 1 heteroatoms. The highest BCUT2D eigenvalue weighted by molar-refractivity contribution is 5.31. The Morgan fingerprint density at radius 3 is 3.13 bits per heavy atom. The molecule has 78 valence electrons. The van der Waals surface area contributed by atoms with E-state index in [1.165, 1.54) is 24.0 Å². The monoisotopic (exact) mass is 200 g/mol. The van der Waals surface area contributed by atoms with Gasteiger partial charge in [-0.2, -0.15) is 0 Å². The number of ether oxygens (including phenoxy) is 1. The van der Waals surface area contributed by atoms with Crippen LogP contribution >= 0.6 is 0 Å². The van der Waals surface area contributed by atoms with Gasteiger partial charge in [-0.15, -0.1) is 5.92 Å². The molecule has 0 fully saturated rings. The van der Waals surface area contributed by atoms with E-state index in [0.717, 1.165) is 6.42 Å². The molecule has 0 radical (unpaired) electrons. The number of hydrogen-bond acceptors (Lipinski definition) is 1. The Hall–Kier alpha value is -1.26. The molecule has 1 atom stereocenters. The first-order chi connectivity index (χ1) is 7.42. The molecular weight excluding hydrogens is 184 g/mol. The van der Waals surface area contributed by atoms with Crippen LogP contribution in [0.15, 0.2) is 24.3 Å². The van der Waals surface area contributed by atoms with Crippen molar-refractivity contribution in [3.63, 3.8) is 0 Å². The van der Waals surface area contributed by atoms with Gasteiger partial charge in [0, 0.05) is 0 Å². The second-order valence-electron chi connectivity index (χ2n) is 3.82. The number of hydrogen-bond donors (Lipinski definition) is 0. The lowest BCUT2D eigenvalue weighted by Gasteiger charge is -2.24. The Bertz CT molecular complexity index is 384. The fraction of sp³-hybridized carbons (Fsp3) is 0.429.